The first-order chi connectivity index (χ1) is 12.6. The summed E-state index contributed by atoms with van der Waals surface area (Å²) < 4.78 is 24.3. The van der Waals surface area contributed by atoms with E-state index in [1.54, 1.807) is 13.0 Å². The normalized spacial score (nSPS) is 15.9. The summed E-state index contributed by atoms with van der Waals surface area (Å²) in [5.74, 6) is -1.82. The zero-order valence-corrected chi connectivity index (χ0v) is 15.9. The number of nitro benzene ring substituents is 1. The number of nitrogens with zero attached hydrogens (tertiary/aromatic N) is 2. The van der Waals surface area contributed by atoms with Crippen LogP contribution < -0.4 is 10.6 Å². The topological polar surface area (TPSA) is 139 Å². The summed E-state index contributed by atoms with van der Waals surface area (Å²) >= 11 is 0. The molecule has 148 valence electrons. The van der Waals surface area contributed by atoms with Gasteiger partial charge in [-0.05, 0) is 37.3 Å². The third kappa shape index (κ3) is 5.73. The lowest BCUT2D eigenvalue weighted by atomic mass is 9.98. The zero-order chi connectivity index (χ0) is 20.2. The maximum absolute atomic E-state index is 12.0. The number of hydrogen-bond acceptors (Lipinski definition) is 6. The number of benzene rings is 1. The number of aryl methyl sites for hydroxylation is 1. The van der Waals surface area contributed by atoms with Crippen LogP contribution in [0.3, 0.4) is 0 Å². The van der Waals surface area contributed by atoms with Crippen LogP contribution in [0.5, 0.6) is 0 Å². The van der Waals surface area contributed by atoms with Gasteiger partial charge in [-0.2, -0.15) is 0 Å². The first-order valence-corrected chi connectivity index (χ1v) is 10.2. The number of carbonyl (C=O) groups excluding carboxylic acids is 2. The van der Waals surface area contributed by atoms with Gasteiger partial charge in [0.2, 0.25) is 10.0 Å². The number of rotatable bonds is 5. The number of nitro groups is 1. The predicted octanol–water partition coefficient (Wildman–Crippen LogP) is 0.630. The minimum Gasteiger partial charge on any atom is -0.348 e. The van der Waals surface area contributed by atoms with Crippen molar-refractivity contribution in [3.05, 3.63) is 33.9 Å². The van der Waals surface area contributed by atoms with Gasteiger partial charge in [-0.3, -0.25) is 19.7 Å². The summed E-state index contributed by atoms with van der Waals surface area (Å²) in [5.41, 5.74) is 0.320. The van der Waals surface area contributed by atoms with Crippen LogP contribution in [-0.2, 0) is 19.6 Å². The summed E-state index contributed by atoms with van der Waals surface area (Å²) in [6.07, 6.45) is 2.32. The van der Waals surface area contributed by atoms with Crippen molar-refractivity contribution in [2.45, 2.75) is 19.8 Å². The van der Waals surface area contributed by atoms with Crippen molar-refractivity contribution < 1.29 is 22.9 Å². The van der Waals surface area contributed by atoms with Crippen molar-refractivity contribution in [2.24, 2.45) is 5.92 Å². The van der Waals surface area contributed by atoms with E-state index in [0.717, 1.165) is 6.26 Å². The Hall–Kier alpha value is -2.53. The van der Waals surface area contributed by atoms with E-state index in [1.165, 1.54) is 16.4 Å². The number of piperidine rings is 1. The van der Waals surface area contributed by atoms with Crippen molar-refractivity contribution in [2.75, 3.05) is 31.2 Å². The van der Waals surface area contributed by atoms with Crippen molar-refractivity contribution >= 4 is 33.2 Å². The number of carbonyl (C=O) groups is 2. The molecule has 2 amide bonds. The molecule has 0 saturated carbocycles. The second-order valence-corrected chi connectivity index (χ2v) is 8.53. The van der Waals surface area contributed by atoms with E-state index in [1.807, 2.05) is 0 Å². The van der Waals surface area contributed by atoms with E-state index in [2.05, 4.69) is 10.6 Å². The molecule has 1 fully saturated rings. The fourth-order valence-electron chi connectivity index (χ4n) is 2.84. The standard InChI is InChI=1S/C16H22N4O6S/c1-11-3-4-13(14(9-11)20(23)24)18-16(22)15(21)17-10-12-5-7-19(8-6-12)27(2,25)26/h3-4,9,12H,5-8,10H2,1-2H3,(H,17,21)(H,18,22). The molecule has 0 radical (unpaired) electrons. The first-order valence-electron chi connectivity index (χ1n) is 8.37. The summed E-state index contributed by atoms with van der Waals surface area (Å²) in [7, 11) is -3.22. The average molecular weight is 398 g/mol. The van der Waals surface area contributed by atoms with Crippen LogP contribution in [0.15, 0.2) is 18.2 Å². The molecule has 0 atom stereocenters. The Balaban J connectivity index is 1.87. The van der Waals surface area contributed by atoms with E-state index in [0.29, 0.717) is 31.5 Å². The van der Waals surface area contributed by atoms with Crippen LogP contribution >= 0.6 is 0 Å². The van der Waals surface area contributed by atoms with Crippen LogP contribution in [0.1, 0.15) is 18.4 Å². The first kappa shape index (κ1) is 20.8. The smallest absolute Gasteiger partial charge is 0.313 e. The van der Waals surface area contributed by atoms with Gasteiger partial charge in [-0.15, -0.1) is 0 Å². The van der Waals surface area contributed by atoms with Crippen molar-refractivity contribution in [1.29, 1.82) is 0 Å². The number of hydrogen-bond donors (Lipinski definition) is 2. The molecule has 1 aromatic rings. The third-order valence-electron chi connectivity index (χ3n) is 4.40. The van der Waals surface area contributed by atoms with Crippen molar-refractivity contribution in [3.8, 4) is 0 Å². The Bertz CT molecular complexity index is 846. The molecule has 0 aromatic heterocycles. The van der Waals surface area contributed by atoms with E-state index >= 15 is 0 Å². The van der Waals surface area contributed by atoms with Gasteiger partial charge in [-0.1, -0.05) is 6.07 Å². The lowest BCUT2D eigenvalue weighted by molar-refractivity contribution is -0.384. The number of anilines is 1. The van der Waals surface area contributed by atoms with Gasteiger partial charge < -0.3 is 10.6 Å². The molecule has 11 heteroatoms. The second kappa shape index (κ2) is 8.44. The minimum atomic E-state index is -3.22. The monoisotopic (exact) mass is 398 g/mol. The van der Waals surface area contributed by atoms with E-state index < -0.39 is 26.8 Å². The maximum Gasteiger partial charge on any atom is 0.313 e. The highest BCUT2D eigenvalue weighted by molar-refractivity contribution is 7.88. The van der Waals surface area contributed by atoms with Crippen molar-refractivity contribution in [3.63, 3.8) is 0 Å². The average Bonchev–Trinajstić information content (AvgIpc) is 2.60. The Morgan fingerprint density at radius 3 is 2.44 bits per heavy atom. The SMILES string of the molecule is Cc1ccc(NC(=O)C(=O)NCC2CCN(S(C)(=O)=O)CC2)c([N+](=O)[O-])c1. The summed E-state index contributed by atoms with van der Waals surface area (Å²) in [6, 6.07) is 4.28. The molecule has 27 heavy (non-hydrogen) atoms. The molecular weight excluding hydrogens is 376 g/mol. The van der Waals surface area contributed by atoms with Crippen LogP contribution in [0, 0.1) is 23.0 Å². The highest BCUT2D eigenvalue weighted by Gasteiger charge is 2.26. The molecule has 2 rings (SSSR count). The fraction of sp³-hybridized carbons (Fsp3) is 0.500. The number of sulfonamides is 1. The van der Waals surface area contributed by atoms with E-state index in [-0.39, 0.29) is 23.8 Å². The molecule has 1 heterocycles. The molecular formula is C16H22N4O6S. The highest BCUT2D eigenvalue weighted by Crippen LogP contribution is 2.25. The summed E-state index contributed by atoms with van der Waals surface area (Å²) in [5, 5.41) is 15.8. The Kier molecular flexibility index (Phi) is 6.50. The second-order valence-electron chi connectivity index (χ2n) is 6.55. The fourth-order valence-corrected chi connectivity index (χ4v) is 3.71. The van der Waals surface area contributed by atoms with Crippen molar-refractivity contribution in [1.82, 2.24) is 9.62 Å². The van der Waals surface area contributed by atoms with Crippen LogP contribution in [-0.4, -0.2) is 55.4 Å². The lowest BCUT2D eigenvalue weighted by Gasteiger charge is -2.30. The molecule has 1 saturated heterocycles. The van der Waals surface area contributed by atoms with Gasteiger partial charge in [0.25, 0.3) is 5.69 Å². The Morgan fingerprint density at radius 1 is 1.26 bits per heavy atom. The molecule has 0 bridgehead atoms. The van der Waals surface area contributed by atoms with E-state index in [4.69, 9.17) is 0 Å². The number of amides is 2. The van der Waals surface area contributed by atoms with Gasteiger partial charge in [-0.25, -0.2) is 12.7 Å². The molecule has 1 aromatic carbocycles. The largest absolute Gasteiger partial charge is 0.348 e. The Morgan fingerprint density at radius 2 is 1.89 bits per heavy atom. The number of nitrogens with one attached hydrogen (secondary N) is 2. The third-order valence-corrected chi connectivity index (χ3v) is 5.70. The van der Waals surface area contributed by atoms with Gasteiger partial charge >= 0.3 is 11.8 Å². The van der Waals surface area contributed by atoms with Crippen LogP contribution in [0.25, 0.3) is 0 Å². The maximum atomic E-state index is 12.0. The zero-order valence-electron chi connectivity index (χ0n) is 15.1. The van der Waals surface area contributed by atoms with Crippen LogP contribution in [0.4, 0.5) is 11.4 Å². The molecule has 1 aliphatic heterocycles. The lowest BCUT2D eigenvalue weighted by Crippen LogP contribution is -2.43. The van der Waals surface area contributed by atoms with Gasteiger partial charge in [0.1, 0.15) is 5.69 Å². The molecule has 0 unspecified atom stereocenters. The van der Waals surface area contributed by atoms with Crippen LogP contribution in [0.2, 0.25) is 0 Å². The van der Waals surface area contributed by atoms with Gasteiger partial charge in [0.15, 0.2) is 0 Å². The summed E-state index contributed by atoms with van der Waals surface area (Å²) in [4.78, 5) is 34.4. The Labute approximate surface area is 157 Å². The molecule has 2 N–H and O–H groups in total. The molecule has 0 spiro atoms. The molecule has 0 aliphatic carbocycles. The van der Waals surface area contributed by atoms with E-state index in [9.17, 15) is 28.1 Å². The quantitative estimate of drug-likeness (QED) is 0.424. The summed E-state index contributed by atoms with van der Waals surface area (Å²) in [6.45, 7) is 2.67. The van der Waals surface area contributed by atoms with Gasteiger partial charge in [0, 0.05) is 25.7 Å². The highest BCUT2D eigenvalue weighted by atomic mass is 32.2. The molecule has 1 aliphatic rings. The molecule has 10 nitrogen and oxygen atoms in total. The predicted molar refractivity (Wildman–Crippen MR) is 98.6 cm³/mol. The van der Waals surface area contributed by atoms with Gasteiger partial charge in [0.05, 0.1) is 11.2 Å². The minimum absolute atomic E-state index is 0.0489.